The Morgan fingerprint density at radius 2 is 1.71 bits per heavy atom. The molecule has 1 N–H and O–H groups in total. The number of benzene rings is 2. The van der Waals surface area contributed by atoms with Gasteiger partial charge in [0.05, 0.1) is 11.6 Å². The van der Waals surface area contributed by atoms with Crippen LogP contribution in [0.1, 0.15) is 41.6 Å². The van der Waals surface area contributed by atoms with E-state index in [2.05, 4.69) is 22.3 Å². The lowest BCUT2D eigenvalue weighted by Gasteiger charge is -2.22. The third-order valence-corrected chi connectivity index (χ3v) is 4.35. The highest BCUT2D eigenvalue weighted by atomic mass is 16.1. The van der Waals surface area contributed by atoms with Crippen LogP contribution in [0.15, 0.2) is 48.5 Å². The molecule has 1 aliphatic rings. The lowest BCUT2D eigenvalue weighted by molar-refractivity contribution is 0.102. The van der Waals surface area contributed by atoms with E-state index in [1.165, 1.54) is 31.4 Å². The van der Waals surface area contributed by atoms with Gasteiger partial charge < -0.3 is 10.2 Å². The molecule has 24 heavy (non-hydrogen) atoms. The molecule has 1 aliphatic heterocycles. The normalized spacial score (nSPS) is 14.5. The number of nitrogens with zero attached hydrogens (tertiary/aromatic N) is 2. The highest BCUT2D eigenvalue weighted by Gasteiger charge is 2.11. The molecule has 2 aromatic rings. The van der Waals surface area contributed by atoms with Gasteiger partial charge >= 0.3 is 0 Å². The average molecular weight is 319 g/mol. The molecule has 122 valence electrons. The van der Waals surface area contributed by atoms with Crippen molar-refractivity contribution in [3.8, 4) is 6.07 Å². The Labute approximate surface area is 142 Å². The number of amides is 1. The number of anilines is 2. The van der Waals surface area contributed by atoms with Crippen LogP contribution in [0.3, 0.4) is 0 Å². The minimum absolute atomic E-state index is 0.199. The molecule has 0 bridgehead atoms. The second-order valence-corrected chi connectivity index (χ2v) is 6.09. The smallest absolute Gasteiger partial charge is 0.255 e. The molecule has 3 rings (SSSR count). The molecule has 0 aliphatic carbocycles. The quantitative estimate of drug-likeness (QED) is 0.923. The Morgan fingerprint density at radius 1 is 1.00 bits per heavy atom. The van der Waals surface area contributed by atoms with E-state index >= 15 is 0 Å². The zero-order chi connectivity index (χ0) is 16.8. The number of rotatable bonds is 3. The van der Waals surface area contributed by atoms with E-state index < -0.39 is 0 Å². The molecule has 0 spiro atoms. The Balaban J connectivity index is 1.67. The van der Waals surface area contributed by atoms with E-state index in [1.807, 2.05) is 18.2 Å². The number of hydrogen-bond acceptors (Lipinski definition) is 3. The number of nitrogens with one attached hydrogen (secondary N) is 1. The lowest BCUT2D eigenvalue weighted by atomic mass is 10.1. The molecule has 0 radical (unpaired) electrons. The molecule has 1 fully saturated rings. The van der Waals surface area contributed by atoms with Gasteiger partial charge in [0.25, 0.3) is 5.91 Å². The van der Waals surface area contributed by atoms with Crippen molar-refractivity contribution in [3.63, 3.8) is 0 Å². The van der Waals surface area contributed by atoms with E-state index in [-0.39, 0.29) is 5.91 Å². The van der Waals surface area contributed by atoms with Crippen molar-refractivity contribution < 1.29 is 4.79 Å². The number of nitriles is 1. The molecule has 4 nitrogen and oxygen atoms in total. The van der Waals surface area contributed by atoms with Crippen LogP contribution in [-0.4, -0.2) is 19.0 Å². The van der Waals surface area contributed by atoms with Gasteiger partial charge in [-0.1, -0.05) is 18.9 Å². The maximum absolute atomic E-state index is 12.3. The van der Waals surface area contributed by atoms with Crippen molar-refractivity contribution in [1.82, 2.24) is 0 Å². The molecule has 0 atom stereocenters. The maximum Gasteiger partial charge on any atom is 0.255 e. The van der Waals surface area contributed by atoms with Crippen LogP contribution in [-0.2, 0) is 0 Å². The van der Waals surface area contributed by atoms with Crippen molar-refractivity contribution in [2.75, 3.05) is 23.3 Å². The summed E-state index contributed by atoms with van der Waals surface area (Å²) >= 11 is 0. The van der Waals surface area contributed by atoms with Crippen LogP contribution in [0.25, 0.3) is 0 Å². The molecule has 1 amide bonds. The molecule has 4 heteroatoms. The minimum Gasteiger partial charge on any atom is -0.372 e. The molecular weight excluding hydrogens is 298 g/mol. The summed E-state index contributed by atoms with van der Waals surface area (Å²) in [5.74, 6) is -0.199. The van der Waals surface area contributed by atoms with Gasteiger partial charge in [0, 0.05) is 30.0 Å². The van der Waals surface area contributed by atoms with Crippen LogP contribution in [0, 0.1) is 11.3 Å². The Hall–Kier alpha value is -2.80. The molecular formula is C20H21N3O. The van der Waals surface area contributed by atoms with Gasteiger partial charge in [0.15, 0.2) is 0 Å². The number of carbonyl (C=O) groups is 1. The molecule has 1 saturated heterocycles. The first kappa shape index (κ1) is 16.1. The first-order chi connectivity index (χ1) is 11.8. The van der Waals surface area contributed by atoms with E-state index in [9.17, 15) is 4.79 Å². The van der Waals surface area contributed by atoms with Crippen molar-refractivity contribution >= 4 is 17.3 Å². The van der Waals surface area contributed by atoms with Crippen LogP contribution in [0.5, 0.6) is 0 Å². The second kappa shape index (κ2) is 7.65. The number of carbonyl (C=O) groups excluding carboxylic acids is 1. The van der Waals surface area contributed by atoms with E-state index in [1.54, 1.807) is 24.3 Å². The highest BCUT2D eigenvalue weighted by molar-refractivity contribution is 6.04. The van der Waals surface area contributed by atoms with Gasteiger partial charge in [-0.15, -0.1) is 0 Å². The van der Waals surface area contributed by atoms with E-state index in [0.29, 0.717) is 11.1 Å². The molecule has 0 unspecified atom stereocenters. The van der Waals surface area contributed by atoms with Crippen LogP contribution >= 0.6 is 0 Å². The molecule has 2 aromatic carbocycles. The standard InChI is InChI=1S/C20H21N3O/c21-15-16-6-5-7-17(14-16)20(24)22-18-8-10-19(11-9-18)23-12-3-1-2-4-13-23/h5-11,14H,1-4,12-13H2,(H,22,24). The summed E-state index contributed by atoms with van der Waals surface area (Å²) in [4.78, 5) is 14.7. The third-order valence-electron chi connectivity index (χ3n) is 4.35. The fourth-order valence-electron chi connectivity index (χ4n) is 3.02. The van der Waals surface area contributed by atoms with Crippen LogP contribution < -0.4 is 10.2 Å². The van der Waals surface area contributed by atoms with Crippen molar-refractivity contribution in [3.05, 3.63) is 59.7 Å². The fraction of sp³-hybridized carbons (Fsp3) is 0.300. The van der Waals surface area contributed by atoms with Gasteiger partial charge in [-0.05, 0) is 55.3 Å². The van der Waals surface area contributed by atoms with Gasteiger partial charge in [0.1, 0.15) is 0 Å². The SMILES string of the molecule is N#Cc1cccc(C(=O)Nc2ccc(N3CCCCCC3)cc2)c1. The zero-order valence-electron chi connectivity index (χ0n) is 13.7. The second-order valence-electron chi connectivity index (χ2n) is 6.09. The van der Waals surface area contributed by atoms with Gasteiger partial charge in [-0.2, -0.15) is 5.26 Å². The summed E-state index contributed by atoms with van der Waals surface area (Å²) in [5, 5.41) is 11.8. The number of hydrogen-bond donors (Lipinski definition) is 1. The van der Waals surface area contributed by atoms with Crippen LogP contribution in [0.2, 0.25) is 0 Å². The average Bonchev–Trinajstić information content (AvgIpc) is 2.92. The summed E-state index contributed by atoms with van der Waals surface area (Å²) in [5.41, 5.74) is 2.95. The monoisotopic (exact) mass is 319 g/mol. The van der Waals surface area contributed by atoms with E-state index in [0.717, 1.165) is 18.8 Å². The maximum atomic E-state index is 12.3. The van der Waals surface area contributed by atoms with Gasteiger partial charge in [-0.25, -0.2) is 0 Å². The molecule has 0 aromatic heterocycles. The first-order valence-electron chi connectivity index (χ1n) is 8.43. The zero-order valence-corrected chi connectivity index (χ0v) is 13.7. The Bertz CT molecular complexity index is 738. The first-order valence-corrected chi connectivity index (χ1v) is 8.43. The topological polar surface area (TPSA) is 56.1 Å². The summed E-state index contributed by atoms with van der Waals surface area (Å²) < 4.78 is 0. The van der Waals surface area contributed by atoms with E-state index in [4.69, 9.17) is 5.26 Å². The van der Waals surface area contributed by atoms with Gasteiger partial charge in [0.2, 0.25) is 0 Å². The summed E-state index contributed by atoms with van der Waals surface area (Å²) in [6, 6.07) is 16.8. The minimum atomic E-state index is -0.199. The molecule has 1 heterocycles. The predicted octanol–water partition coefficient (Wildman–Crippen LogP) is 4.19. The summed E-state index contributed by atoms with van der Waals surface area (Å²) in [6.45, 7) is 2.21. The van der Waals surface area contributed by atoms with Crippen molar-refractivity contribution in [2.24, 2.45) is 0 Å². The highest BCUT2D eigenvalue weighted by Crippen LogP contribution is 2.22. The van der Waals surface area contributed by atoms with Crippen molar-refractivity contribution in [1.29, 1.82) is 5.26 Å². The Kier molecular flexibility index (Phi) is 5.12. The summed E-state index contributed by atoms with van der Waals surface area (Å²) in [7, 11) is 0. The Morgan fingerprint density at radius 3 is 2.38 bits per heavy atom. The largest absolute Gasteiger partial charge is 0.372 e. The van der Waals surface area contributed by atoms with Crippen molar-refractivity contribution in [2.45, 2.75) is 25.7 Å². The third kappa shape index (κ3) is 3.94. The van der Waals surface area contributed by atoms with Gasteiger partial charge in [-0.3, -0.25) is 4.79 Å². The lowest BCUT2D eigenvalue weighted by Crippen LogP contribution is -2.23. The van der Waals surface area contributed by atoms with Crippen LogP contribution in [0.4, 0.5) is 11.4 Å². The predicted molar refractivity (Wildman–Crippen MR) is 96.2 cm³/mol. The summed E-state index contributed by atoms with van der Waals surface area (Å²) in [6.07, 6.45) is 5.11. The molecule has 0 saturated carbocycles. The fourth-order valence-corrected chi connectivity index (χ4v) is 3.02.